The molecule has 3 heteroatoms. The Labute approximate surface area is 119 Å². The fraction of sp³-hybridized carbons (Fsp3) is 0.294. The summed E-state index contributed by atoms with van der Waals surface area (Å²) in [5, 5.41) is 3.55. The molecule has 1 N–H and O–H groups in total. The van der Waals surface area contributed by atoms with Gasteiger partial charge in [0.05, 0.1) is 19.3 Å². The molecule has 2 aromatic rings. The second kappa shape index (κ2) is 5.65. The maximum atomic E-state index is 6.04. The van der Waals surface area contributed by atoms with Gasteiger partial charge >= 0.3 is 0 Å². The van der Waals surface area contributed by atoms with Crippen LogP contribution in [0.2, 0.25) is 0 Å². The van der Waals surface area contributed by atoms with Crippen molar-refractivity contribution in [3.8, 4) is 5.75 Å². The molecule has 2 aromatic carbocycles. The zero-order valence-electron chi connectivity index (χ0n) is 11.7. The van der Waals surface area contributed by atoms with E-state index in [4.69, 9.17) is 9.47 Å². The molecule has 0 radical (unpaired) electrons. The highest BCUT2D eigenvalue weighted by atomic mass is 16.5. The molecule has 1 heterocycles. The lowest BCUT2D eigenvalue weighted by atomic mass is 10.0. The second-order valence-corrected chi connectivity index (χ2v) is 5.05. The molecule has 3 rings (SSSR count). The smallest absolute Gasteiger partial charge is 0.135 e. The van der Waals surface area contributed by atoms with Gasteiger partial charge in [0.15, 0.2) is 0 Å². The van der Waals surface area contributed by atoms with E-state index in [-0.39, 0.29) is 18.4 Å². The summed E-state index contributed by atoms with van der Waals surface area (Å²) in [6.07, 6.45) is 0.0746. The van der Waals surface area contributed by atoms with Gasteiger partial charge in [-0.3, -0.25) is 5.32 Å². The van der Waals surface area contributed by atoms with E-state index in [0.29, 0.717) is 0 Å². The molecule has 104 valence electrons. The van der Waals surface area contributed by atoms with Crippen LogP contribution in [0.4, 0.5) is 0 Å². The summed E-state index contributed by atoms with van der Waals surface area (Å²) in [6, 6.07) is 18.6. The normalized spacial score (nSPS) is 25.6. The van der Waals surface area contributed by atoms with Crippen molar-refractivity contribution in [3.63, 3.8) is 0 Å². The third kappa shape index (κ3) is 2.55. The van der Waals surface area contributed by atoms with Gasteiger partial charge in [-0.15, -0.1) is 0 Å². The Morgan fingerprint density at radius 3 is 2.30 bits per heavy atom. The maximum Gasteiger partial charge on any atom is 0.135 e. The van der Waals surface area contributed by atoms with Crippen LogP contribution in [0.5, 0.6) is 5.75 Å². The first-order chi connectivity index (χ1) is 9.78. The lowest BCUT2D eigenvalue weighted by Gasteiger charge is -2.14. The number of benzene rings is 2. The quantitative estimate of drug-likeness (QED) is 0.926. The van der Waals surface area contributed by atoms with Crippen LogP contribution < -0.4 is 10.1 Å². The summed E-state index contributed by atoms with van der Waals surface area (Å²) in [4.78, 5) is 0. The topological polar surface area (TPSA) is 30.5 Å². The molecule has 0 bridgehead atoms. The van der Waals surface area contributed by atoms with Gasteiger partial charge in [-0.05, 0) is 30.2 Å². The van der Waals surface area contributed by atoms with Crippen LogP contribution >= 0.6 is 0 Å². The predicted molar refractivity (Wildman–Crippen MR) is 78.6 cm³/mol. The van der Waals surface area contributed by atoms with E-state index in [0.717, 1.165) is 11.3 Å². The average Bonchev–Trinajstić information content (AvgIpc) is 2.90. The zero-order valence-corrected chi connectivity index (χ0v) is 11.7. The van der Waals surface area contributed by atoms with Crippen molar-refractivity contribution in [1.29, 1.82) is 0 Å². The number of nitrogens with one attached hydrogen (secondary N) is 1. The zero-order chi connectivity index (χ0) is 13.9. The van der Waals surface area contributed by atoms with Crippen molar-refractivity contribution in [2.75, 3.05) is 7.11 Å². The molecule has 0 aromatic heterocycles. The van der Waals surface area contributed by atoms with Gasteiger partial charge in [0.25, 0.3) is 0 Å². The molecule has 1 fully saturated rings. The van der Waals surface area contributed by atoms with Crippen LogP contribution in [-0.4, -0.2) is 13.2 Å². The lowest BCUT2D eigenvalue weighted by molar-refractivity contribution is 0.0467. The molecule has 3 atom stereocenters. The van der Waals surface area contributed by atoms with Crippen LogP contribution in [0.3, 0.4) is 0 Å². The third-order valence-electron chi connectivity index (χ3n) is 3.73. The van der Waals surface area contributed by atoms with Crippen molar-refractivity contribution in [2.24, 2.45) is 0 Å². The van der Waals surface area contributed by atoms with E-state index >= 15 is 0 Å². The van der Waals surface area contributed by atoms with Gasteiger partial charge in [0.2, 0.25) is 0 Å². The Morgan fingerprint density at radius 1 is 0.950 bits per heavy atom. The highest BCUT2D eigenvalue weighted by molar-refractivity contribution is 5.30. The number of ether oxygens (including phenoxy) is 2. The summed E-state index contributed by atoms with van der Waals surface area (Å²) in [5.41, 5.74) is 2.38. The van der Waals surface area contributed by atoms with E-state index in [9.17, 15) is 0 Å². The van der Waals surface area contributed by atoms with Crippen molar-refractivity contribution in [1.82, 2.24) is 5.32 Å². The van der Waals surface area contributed by atoms with Gasteiger partial charge in [0, 0.05) is 0 Å². The van der Waals surface area contributed by atoms with Crippen LogP contribution in [-0.2, 0) is 4.74 Å². The fourth-order valence-electron chi connectivity index (χ4n) is 2.61. The Bertz CT molecular complexity index is 553. The largest absolute Gasteiger partial charge is 0.497 e. The molecule has 0 spiro atoms. The summed E-state index contributed by atoms with van der Waals surface area (Å²) in [6.45, 7) is 2.11. The minimum Gasteiger partial charge on any atom is -0.497 e. The van der Waals surface area contributed by atoms with Crippen molar-refractivity contribution in [2.45, 2.75) is 25.3 Å². The number of hydrogen-bond acceptors (Lipinski definition) is 3. The molecule has 2 unspecified atom stereocenters. The number of hydrogen-bond donors (Lipinski definition) is 1. The van der Waals surface area contributed by atoms with Gasteiger partial charge in [0.1, 0.15) is 12.0 Å². The predicted octanol–water partition coefficient (Wildman–Crippen LogP) is 3.44. The van der Waals surface area contributed by atoms with E-state index in [1.54, 1.807) is 7.11 Å². The molecule has 3 nitrogen and oxygen atoms in total. The van der Waals surface area contributed by atoms with Crippen LogP contribution in [0, 0.1) is 0 Å². The van der Waals surface area contributed by atoms with Crippen LogP contribution in [0.1, 0.15) is 30.3 Å². The van der Waals surface area contributed by atoms with Gasteiger partial charge < -0.3 is 9.47 Å². The summed E-state index contributed by atoms with van der Waals surface area (Å²) < 4.78 is 11.2. The SMILES string of the molecule is COc1ccc(C2NC(c3ccccc3)[C@H](C)O2)cc1. The molecule has 1 aliphatic rings. The first-order valence-electron chi connectivity index (χ1n) is 6.88. The average molecular weight is 269 g/mol. The number of methoxy groups -OCH3 is 1. The monoisotopic (exact) mass is 269 g/mol. The number of rotatable bonds is 3. The van der Waals surface area contributed by atoms with Crippen molar-refractivity contribution >= 4 is 0 Å². The summed E-state index contributed by atoms with van der Waals surface area (Å²) in [5.74, 6) is 0.861. The molecule has 0 amide bonds. The fourth-order valence-corrected chi connectivity index (χ4v) is 2.61. The second-order valence-electron chi connectivity index (χ2n) is 5.05. The molecule has 0 aliphatic carbocycles. The van der Waals surface area contributed by atoms with Gasteiger partial charge in [-0.2, -0.15) is 0 Å². The molecule has 0 saturated carbocycles. The molecular formula is C17H19NO2. The van der Waals surface area contributed by atoms with E-state index in [2.05, 4.69) is 36.5 Å². The Balaban J connectivity index is 1.77. The Kier molecular flexibility index (Phi) is 3.72. The van der Waals surface area contributed by atoms with Crippen LogP contribution in [0.15, 0.2) is 54.6 Å². The minimum atomic E-state index is -0.0684. The molecule has 1 aliphatic heterocycles. The van der Waals surface area contributed by atoms with E-state index in [1.807, 2.05) is 30.3 Å². The molecular weight excluding hydrogens is 250 g/mol. The summed E-state index contributed by atoms with van der Waals surface area (Å²) in [7, 11) is 1.67. The van der Waals surface area contributed by atoms with E-state index < -0.39 is 0 Å². The lowest BCUT2D eigenvalue weighted by Crippen LogP contribution is -2.20. The van der Waals surface area contributed by atoms with E-state index in [1.165, 1.54) is 5.56 Å². The first-order valence-corrected chi connectivity index (χ1v) is 6.88. The molecule has 20 heavy (non-hydrogen) atoms. The van der Waals surface area contributed by atoms with Crippen molar-refractivity contribution < 1.29 is 9.47 Å². The highest BCUT2D eigenvalue weighted by Crippen LogP contribution is 2.33. The summed E-state index contributed by atoms with van der Waals surface area (Å²) >= 11 is 0. The minimum absolute atomic E-state index is 0.0684. The highest BCUT2D eigenvalue weighted by Gasteiger charge is 2.33. The Hall–Kier alpha value is -1.84. The Morgan fingerprint density at radius 2 is 1.65 bits per heavy atom. The van der Waals surface area contributed by atoms with Crippen molar-refractivity contribution in [3.05, 3.63) is 65.7 Å². The standard InChI is InChI=1S/C17H19NO2/c1-12-16(13-6-4-3-5-7-13)18-17(20-12)14-8-10-15(19-2)11-9-14/h3-12,16-18H,1-2H3/t12-,16?,17?/m0/s1. The van der Waals surface area contributed by atoms with Crippen LogP contribution in [0.25, 0.3) is 0 Å². The van der Waals surface area contributed by atoms with Gasteiger partial charge in [-0.1, -0.05) is 42.5 Å². The maximum absolute atomic E-state index is 6.04. The van der Waals surface area contributed by atoms with Gasteiger partial charge in [-0.25, -0.2) is 0 Å². The third-order valence-corrected chi connectivity index (χ3v) is 3.73. The molecule has 1 saturated heterocycles. The first kappa shape index (κ1) is 13.2.